The molecule has 1 amide bonds. The van der Waals surface area contributed by atoms with Gasteiger partial charge in [-0.2, -0.15) is 13.2 Å². The first-order chi connectivity index (χ1) is 13.3. The Morgan fingerprint density at radius 2 is 1.89 bits per heavy atom. The SMILES string of the molecule is O=C1CC[C@H](/C=C(\c2ccc(C(F)(F)F)nc2)c2ccc(C3CC3)c(=O)[nH]2)N1. The average Bonchev–Trinajstić information content (AvgIpc) is 3.40. The number of amides is 1. The normalized spacial score (nSPS) is 20.3. The number of nitrogens with one attached hydrogen (secondary N) is 2. The summed E-state index contributed by atoms with van der Waals surface area (Å²) in [5, 5.41) is 2.81. The molecule has 1 saturated carbocycles. The molecule has 28 heavy (non-hydrogen) atoms. The minimum atomic E-state index is -4.53. The summed E-state index contributed by atoms with van der Waals surface area (Å²) in [6.45, 7) is 0. The van der Waals surface area contributed by atoms with Crippen LogP contribution in [0.15, 0.2) is 41.3 Å². The van der Waals surface area contributed by atoms with Crippen molar-refractivity contribution in [1.82, 2.24) is 15.3 Å². The standard InChI is InChI=1S/C20H18F3N3O2/c21-20(22,23)17-7-3-12(10-24-17)15(9-13-4-8-18(27)25-13)16-6-5-14(11-1-2-11)19(28)26-16/h3,5-7,9-11,13H,1-2,4,8H2,(H,25,27)(H,26,28)/b15-9+/t13-/m1/s1. The van der Waals surface area contributed by atoms with Gasteiger partial charge in [-0.15, -0.1) is 0 Å². The number of H-pyrrole nitrogens is 1. The maximum Gasteiger partial charge on any atom is 0.433 e. The first kappa shape index (κ1) is 18.5. The Hall–Kier alpha value is -2.90. The lowest BCUT2D eigenvalue weighted by atomic mass is 9.99. The fourth-order valence-corrected chi connectivity index (χ4v) is 3.38. The molecular formula is C20H18F3N3O2. The third-order valence-electron chi connectivity index (χ3n) is 5.01. The molecule has 0 aromatic carbocycles. The van der Waals surface area contributed by atoms with Crippen molar-refractivity contribution in [1.29, 1.82) is 0 Å². The predicted octanol–water partition coefficient (Wildman–Crippen LogP) is 3.38. The summed E-state index contributed by atoms with van der Waals surface area (Å²) in [4.78, 5) is 30.3. The number of aromatic amines is 1. The summed E-state index contributed by atoms with van der Waals surface area (Å²) in [7, 11) is 0. The van der Waals surface area contributed by atoms with Crippen LogP contribution in [0.3, 0.4) is 0 Å². The van der Waals surface area contributed by atoms with Gasteiger partial charge in [-0.05, 0) is 37.3 Å². The first-order valence-electron chi connectivity index (χ1n) is 9.09. The molecule has 1 atom stereocenters. The van der Waals surface area contributed by atoms with E-state index >= 15 is 0 Å². The Labute approximate surface area is 158 Å². The fraction of sp³-hybridized carbons (Fsp3) is 0.350. The molecule has 0 radical (unpaired) electrons. The third kappa shape index (κ3) is 3.85. The molecule has 2 fully saturated rings. The van der Waals surface area contributed by atoms with Crippen molar-refractivity contribution >= 4 is 11.5 Å². The molecule has 146 valence electrons. The Balaban J connectivity index is 1.74. The van der Waals surface area contributed by atoms with E-state index in [1.54, 1.807) is 18.2 Å². The maximum absolute atomic E-state index is 12.8. The summed E-state index contributed by atoms with van der Waals surface area (Å²) >= 11 is 0. The lowest BCUT2D eigenvalue weighted by Gasteiger charge is -2.13. The number of nitrogens with zero attached hydrogens (tertiary/aromatic N) is 1. The van der Waals surface area contributed by atoms with Crippen molar-refractivity contribution in [3.8, 4) is 0 Å². The van der Waals surface area contributed by atoms with Gasteiger partial charge in [-0.25, -0.2) is 0 Å². The van der Waals surface area contributed by atoms with E-state index in [9.17, 15) is 22.8 Å². The number of carbonyl (C=O) groups excluding carboxylic acids is 1. The molecule has 0 unspecified atom stereocenters. The molecule has 2 aliphatic rings. The molecule has 2 N–H and O–H groups in total. The van der Waals surface area contributed by atoms with Crippen LogP contribution in [0.2, 0.25) is 0 Å². The van der Waals surface area contributed by atoms with Crippen molar-refractivity contribution in [2.75, 3.05) is 0 Å². The zero-order chi connectivity index (χ0) is 19.9. The highest BCUT2D eigenvalue weighted by atomic mass is 19.4. The van der Waals surface area contributed by atoms with E-state index in [2.05, 4.69) is 15.3 Å². The van der Waals surface area contributed by atoms with Gasteiger partial charge in [0.1, 0.15) is 5.69 Å². The molecule has 3 heterocycles. The van der Waals surface area contributed by atoms with Crippen LogP contribution < -0.4 is 10.9 Å². The molecule has 5 nitrogen and oxygen atoms in total. The van der Waals surface area contributed by atoms with Gasteiger partial charge in [-0.3, -0.25) is 14.6 Å². The van der Waals surface area contributed by atoms with E-state index in [1.165, 1.54) is 6.07 Å². The molecule has 2 aromatic rings. The zero-order valence-corrected chi connectivity index (χ0v) is 14.8. The summed E-state index contributed by atoms with van der Waals surface area (Å²) in [6.07, 6.45) is 1.32. The minimum absolute atomic E-state index is 0.0799. The second-order valence-electron chi connectivity index (χ2n) is 7.15. The molecule has 0 bridgehead atoms. The molecule has 0 spiro atoms. The number of rotatable bonds is 4. The van der Waals surface area contributed by atoms with Crippen LogP contribution in [0.4, 0.5) is 13.2 Å². The lowest BCUT2D eigenvalue weighted by Crippen LogP contribution is -2.24. The summed E-state index contributed by atoms with van der Waals surface area (Å²) in [5.74, 6) is 0.204. The van der Waals surface area contributed by atoms with Crippen molar-refractivity contribution < 1.29 is 18.0 Å². The number of hydrogen-bond acceptors (Lipinski definition) is 3. The summed E-state index contributed by atoms with van der Waals surface area (Å²) < 4.78 is 38.5. The Bertz CT molecular complexity index is 989. The van der Waals surface area contributed by atoms with Gasteiger partial charge in [0.2, 0.25) is 5.91 Å². The second-order valence-corrected chi connectivity index (χ2v) is 7.15. The number of hydrogen-bond donors (Lipinski definition) is 2. The number of pyridine rings is 2. The van der Waals surface area contributed by atoms with Gasteiger partial charge in [0.05, 0.1) is 0 Å². The Morgan fingerprint density at radius 1 is 1.11 bits per heavy atom. The van der Waals surface area contributed by atoms with E-state index in [0.29, 0.717) is 29.7 Å². The summed E-state index contributed by atoms with van der Waals surface area (Å²) in [5.41, 5.74) is 1.00. The highest BCUT2D eigenvalue weighted by Gasteiger charge is 2.32. The zero-order valence-electron chi connectivity index (χ0n) is 14.8. The highest BCUT2D eigenvalue weighted by molar-refractivity contribution is 5.82. The first-order valence-corrected chi connectivity index (χ1v) is 9.09. The van der Waals surface area contributed by atoms with E-state index in [4.69, 9.17) is 0 Å². The number of aromatic nitrogens is 2. The van der Waals surface area contributed by atoms with Gasteiger partial charge < -0.3 is 10.3 Å². The molecule has 4 rings (SSSR count). The van der Waals surface area contributed by atoms with E-state index in [0.717, 1.165) is 30.7 Å². The topological polar surface area (TPSA) is 74.8 Å². The summed E-state index contributed by atoms with van der Waals surface area (Å²) in [6, 6.07) is 5.51. The van der Waals surface area contributed by atoms with Crippen molar-refractivity contribution in [2.45, 2.75) is 43.8 Å². The van der Waals surface area contributed by atoms with Crippen LogP contribution in [0.5, 0.6) is 0 Å². The van der Waals surface area contributed by atoms with Gasteiger partial charge in [0.15, 0.2) is 0 Å². The monoisotopic (exact) mass is 389 g/mol. The van der Waals surface area contributed by atoms with Crippen LogP contribution >= 0.6 is 0 Å². The van der Waals surface area contributed by atoms with Gasteiger partial charge in [0, 0.05) is 41.1 Å². The largest absolute Gasteiger partial charge is 0.433 e. The molecule has 2 aromatic heterocycles. The maximum atomic E-state index is 12.8. The average molecular weight is 389 g/mol. The van der Waals surface area contributed by atoms with Crippen molar-refractivity contribution in [2.24, 2.45) is 0 Å². The Morgan fingerprint density at radius 3 is 2.43 bits per heavy atom. The van der Waals surface area contributed by atoms with Gasteiger partial charge in [-0.1, -0.05) is 18.2 Å². The van der Waals surface area contributed by atoms with Crippen molar-refractivity contribution in [3.05, 3.63) is 69.4 Å². The van der Waals surface area contributed by atoms with Gasteiger partial charge >= 0.3 is 6.18 Å². The van der Waals surface area contributed by atoms with Crippen molar-refractivity contribution in [3.63, 3.8) is 0 Å². The second kappa shape index (κ2) is 6.92. The Kier molecular flexibility index (Phi) is 4.56. The van der Waals surface area contributed by atoms with Crippen LogP contribution in [0.1, 0.15) is 54.1 Å². The molecule has 8 heteroatoms. The quantitative estimate of drug-likeness (QED) is 0.842. The lowest BCUT2D eigenvalue weighted by molar-refractivity contribution is -0.141. The molecule has 1 saturated heterocycles. The van der Waals surface area contributed by atoms with Crippen LogP contribution in [-0.4, -0.2) is 21.9 Å². The van der Waals surface area contributed by atoms with Crippen LogP contribution in [0.25, 0.3) is 5.57 Å². The van der Waals surface area contributed by atoms with Crippen LogP contribution in [-0.2, 0) is 11.0 Å². The predicted molar refractivity (Wildman–Crippen MR) is 96.5 cm³/mol. The number of alkyl halides is 3. The minimum Gasteiger partial charge on any atom is -0.350 e. The number of halogens is 3. The molecular weight excluding hydrogens is 371 g/mol. The highest BCUT2D eigenvalue weighted by Crippen LogP contribution is 2.38. The van der Waals surface area contributed by atoms with E-state index in [1.807, 2.05) is 0 Å². The van der Waals surface area contributed by atoms with Gasteiger partial charge in [0.25, 0.3) is 5.56 Å². The fourth-order valence-electron chi connectivity index (χ4n) is 3.38. The third-order valence-corrected chi connectivity index (χ3v) is 5.01. The van der Waals surface area contributed by atoms with E-state index < -0.39 is 11.9 Å². The smallest absolute Gasteiger partial charge is 0.350 e. The molecule has 1 aliphatic carbocycles. The van der Waals surface area contributed by atoms with Crippen LogP contribution in [0, 0.1) is 0 Å². The number of carbonyl (C=O) groups is 1. The van der Waals surface area contributed by atoms with E-state index in [-0.39, 0.29) is 23.4 Å². The molecule has 1 aliphatic heterocycles.